The molecule has 1 aromatic rings. The zero-order valence-corrected chi connectivity index (χ0v) is 12.9. The van der Waals surface area contributed by atoms with Crippen LogP contribution in [0, 0.1) is 12.3 Å². The fourth-order valence-electron chi connectivity index (χ4n) is 3.02. The minimum Gasteiger partial charge on any atom is -0.496 e. The van der Waals surface area contributed by atoms with Gasteiger partial charge in [0.1, 0.15) is 5.75 Å². The van der Waals surface area contributed by atoms with Gasteiger partial charge in [0, 0.05) is 12.0 Å². The monoisotopic (exact) mass is 291 g/mol. The maximum atomic E-state index is 12.1. The number of methoxy groups -OCH3 is 1. The molecule has 1 aliphatic carbocycles. The van der Waals surface area contributed by atoms with E-state index in [0.29, 0.717) is 13.0 Å². The number of amides is 1. The highest BCUT2D eigenvalue weighted by molar-refractivity contribution is 5.78. The number of hydrogen-bond acceptors (Lipinski definition) is 3. The molecule has 4 nitrogen and oxygen atoms in total. The Morgan fingerprint density at radius 1 is 1.38 bits per heavy atom. The van der Waals surface area contributed by atoms with Crippen molar-refractivity contribution in [1.82, 2.24) is 5.32 Å². The molecule has 0 aliphatic heterocycles. The summed E-state index contributed by atoms with van der Waals surface area (Å²) in [6.07, 6.45) is 4.64. The molecular formula is C17H25NO3. The summed E-state index contributed by atoms with van der Waals surface area (Å²) in [5, 5.41) is 12.5. The van der Waals surface area contributed by atoms with Gasteiger partial charge in [0.15, 0.2) is 0 Å². The van der Waals surface area contributed by atoms with Gasteiger partial charge < -0.3 is 15.2 Å². The molecule has 4 heteroatoms. The maximum Gasteiger partial charge on any atom is 0.224 e. The molecule has 0 radical (unpaired) electrons. The molecule has 0 saturated heterocycles. The molecule has 0 aromatic heterocycles. The molecule has 0 spiro atoms. The van der Waals surface area contributed by atoms with Crippen molar-refractivity contribution in [3.8, 4) is 5.75 Å². The summed E-state index contributed by atoms with van der Waals surface area (Å²) in [5.41, 5.74) is 1.91. The molecule has 0 bridgehead atoms. The van der Waals surface area contributed by atoms with Crippen LogP contribution in [0.25, 0.3) is 0 Å². The Labute approximate surface area is 126 Å². The minimum absolute atomic E-state index is 0.000584. The number of benzene rings is 1. The van der Waals surface area contributed by atoms with Crippen LogP contribution in [0.2, 0.25) is 0 Å². The molecule has 0 unspecified atom stereocenters. The lowest BCUT2D eigenvalue weighted by Gasteiger charge is -2.26. The first-order chi connectivity index (χ1) is 10.1. The van der Waals surface area contributed by atoms with Crippen LogP contribution in [0.1, 0.15) is 36.8 Å². The van der Waals surface area contributed by atoms with Crippen molar-refractivity contribution in [2.24, 2.45) is 5.41 Å². The molecule has 1 amide bonds. The van der Waals surface area contributed by atoms with E-state index < -0.39 is 0 Å². The average Bonchev–Trinajstić information content (AvgIpc) is 2.97. The number of aryl methyl sites for hydroxylation is 1. The Hall–Kier alpha value is -1.55. The average molecular weight is 291 g/mol. The molecule has 1 saturated carbocycles. The maximum absolute atomic E-state index is 12.1. The predicted octanol–water partition coefficient (Wildman–Crippen LogP) is 2.22. The van der Waals surface area contributed by atoms with Gasteiger partial charge >= 0.3 is 0 Å². The molecule has 0 heterocycles. The zero-order valence-electron chi connectivity index (χ0n) is 12.9. The molecule has 0 atom stereocenters. The number of ether oxygens (including phenoxy) is 1. The lowest BCUT2D eigenvalue weighted by atomic mass is 9.87. The smallest absolute Gasteiger partial charge is 0.224 e. The summed E-state index contributed by atoms with van der Waals surface area (Å²) < 4.78 is 5.28. The van der Waals surface area contributed by atoms with E-state index in [-0.39, 0.29) is 17.9 Å². The standard InChI is InChI=1S/C17H25NO3/c1-13-5-6-14(9-15(13)21-2)10-16(20)18-11-17(12-19)7-3-4-8-17/h5-6,9,19H,3-4,7-8,10-12H2,1-2H3,(H,18,20). The number of hydrogen-bond donors (Lipinski definition) is 2. The molecular weight excluding hydrogens is 266 g/mol. The Kier molecular flexibility index (Phi) is 5.23. The van der Waals surface area contributed by atoms with E-state index in [1.165, 1.54) is 0 Å². The van der Waals surface area contributed by atoms with Crippen LogP contribution in [0.5, 0.6) is 5.75 Å². The molecule has 1 aliphatic rings. The minimum atomic E-state index is -0.0966. The van der Waals surface area contributed by atoms with E-state index in [1.54, 1.807) is 7.11 Å². The normalized spacial score (nSPS) is 16.7. The van der Waals surface area contributed by atoms with Gasteiger partial charge in [-0.1, -0.05) is 25.0 Å². The number of aliphatic hydroxyl groups is 1. The van der Waals surface area contributed by atoms with Gasteiger partial charge in [0.25, 0.3) is 0 Å². The van der Waals surface area contributed by atoms with Crippen LogP contribution in [0.4, 0.5) is 0 Å². The van der Waals surface area contributed by atoms with Crippen LogP contribution in [0.3, 0.4) is 0 Å². The van der Waals surface area contributed by atoms with Crippen molar-refractivity contribution >= 4 is 5.91 Å². The van der Waals surface area contributed by atoms with Crippen LogP contribution >= 0.6 is 0 Å². The van der Waals surface area contributed by atoms with E-state index in [2.05, 4.69) is 5.32 Å². The highest BCUT2D eigenvalue weighted by Gasteiger charge is 2.33. The number of nitrogens with one attached hydrogen (secondary N) is 1. The Morgan fingerprint density at radius 3 is 2.71 bits per heavy atom. The zero-order chi connectivity index (χ0) is 15.3. The lowest BCUT2D eigenvalue weighted by molar-refractivity contribution is -0.121. The quantitative estimate of drug-likeness (QED) is 0.845. The second-order valence-electron chi connectivity index (χ2n) is 6.12. The van der Waals surface area contributed by atoms with Crippen LogP contribution in [-0.2, 0) is 11.2 Å². The summed E-state index contributed by atoms with van der Waals surface area (Å²) in [4.78, 5) is 12.1. The van der Waals surface area contributed by atoms with E-state index in [9.17, 15) is 9.90 Å². The van der Waals surface area contributed by atoms with Crippen molar-refractivity contribution in [2.45, 2.75) is 39.0 Å². The van der Waals surface area contributed by atoms with Gasteiger partial charge in [0.2, 0.25) is 5.91 Å². The summed E-state index contributed by atoms with van der Waals surface area (Å²) in [5.74, 6) is 0.809. The number of rotatable bonds is 6. The molecule has 116 valence electrons. The van der Waals surface area contributed by atoms with E-state index >= 15 is 0 Å². The third-order valence-electron chi connectivity index (χ3n) is 4.50. The van der Waals surface area contributed by atoms with E-state index in [4.69, 9.17) is 4.74 Å². The SMILES string of the molecule is COc1cc(CC(=O)NCC2(CO)CCCC2)ccc1C. The van der Waals surface area contributed by atoms with Gasteiger partial charge in [-0.25, -0.2) is 0 Å². The molecule has 21 heavy (non-hydrogen) atoms. The summed E-state index contributed by atoms with van der Waals surface area (Å²) in [6.45, 7) is 2.71. The van der Waals surface area contributed by atoms with Crippen molar-refractivity contribution in [2.75, 3.05) is 20.3 Å². The third-order valence-corrected chi connectivity index (χ3v) is 4.50. The fourth-order valence-corrected chi connectivity index (χ4v) is 3.02. The second-order valence-corrected chi connectivity index (χ2v) is 6.12. The molecule has 2 rings (SSSR count). The van der Waals surface area contributed by atoms with Gasteiger partial charge in [-0.2, -0.15) is 0 Å². The molecule has 1 aromatic carbocycles. The largest absolute Gasteiger partial charge is 0.496 e. The molecule has 1 fully saturated rings. The Balaban J connectivity index is 1.90. The Bertz CT molecular complexity index is 493. The predicted molar refractivity (Wildman–Crippen MR) is 82.4 cm³/mol. The molecule has 2 N–H and O–H groups in total. The van der Waals surface area contributed by atoms with Gasteiger partial charge in [0.05, 0.1) is 20.1 Å². The highest BCUT2D eigenvalue weighted by atomic mass is 16.5. The van der Waals surface area contributed by atoms with Gasteiger partial charge in [-0.15, -0.1) is 0 Å². The summed E-state index contributed by atoms with van der Waals surface area (Å²) in [7, 11) is 1.64. The number of aliphatic hydroxyl groups excluding tert-OH is 1. The van der Waals surface area contributed by atoms with Crippen molar-refractivity contribution in [3.05, 3.63) is 29.3 Å². The van der Waals surface area contributed by atoms with Crippen molar-refractivity contribution in [3.63, 3.8) is 0 Å². The fraction of sp³-hybridized carbons (Fsp3) is 0.588. The van der Waals surface area contributed by atoms with E-state index in [1.807, 2.05) is 25.1 Å². The first-order valence-corrected chi connectivity index (χ1v) is 7.60. The first kappa shape index (κ1) is 15.8. The highest BCUT2D eigenvalue weighted by Crippen LogP contribution is 2.36. The second kappa shape index (κ2) is 6.94. The summed E-state index contributed by atoms with van der Waals surface area (Å²) in [6, 6.07) is 5.83. The first-order valence-electron chi connectivity index (χ1n) is 7.60. The third kappa shape index (κ3) is 3.97. The van der Waals surface area contributed by atoms with Crippen LogP contribution < -0.4 is 10.1 Å². The van der Waals surface area contributed by atoms with Gasteiger partial charge in [-0.05, 0) is 37.0 Å². The van der Waals surface area contributed by atoms with Crippen molar-refractivity contribution < 1.29 is 14.6 Å². The lowest BCUT2D eigenvalue weighted by Crippen LogP contribution is -2.38. The topological polar surface area (TPSA) is 58.6 Å². The van der Waals surface area contributed by atoms with Crippen LogP contribution in [-0.4, -0.2) is 31.3 Å². The number of carbonyl (C=O) groups is 1. The van der Waals surface area contributed by atoms with Gasteiger partial charge in [-0.3, -0.25) is 4.79 Å². The van der Waals surface area contributed by atoms with Crippen molar-refractivity contribution in [1.29, 1.82) is 0 Å². The number of carbonyl (C=O) groups excluding carboxylic acids is 1. The van der Waals surface area contributed by atoms with Crippen LogP contribution in [0.15, 0.2) is 18.2 Å². The van der Waals surface area contributed by atoms with E-state index in [0.717, 1.165) is 42.6 Å². The Morgan fingerprint density at radius 2 is 2.10 bits per heavy atom. The summed E-state index contributed by atoms with van der Waals surface area (Å²) >= 11 is 0.